The fraction of sp³-hybridized carbons (Fsp3) is 0.0833. The zero-order valence-electron chi connectivity index (χ0n) is 7.93. The highest BCUT2D eigenvalue weighted by Gasteiger charge is 1.94. The maximum Gasteiger partial charge on any atom is 0.0991 e. The fourth-order valence-electron chi connectivity index (χ4n) is 1.38. The summed E-state index contributed by atoms with van der Waals surface area (Å²) in [6.45, 7) is 3.71. The summed E-state index contributed by atoms with van der Waals surface area (Å²) in [5.41, 5.74) is 2.42. The summed E-state index contributed by atoms with van der Waals surface area (Å²) in [7, 11) is 0. The van der Waals surface area contributed by atoms with Crippen molar-refractivity contribution in [1.29, 1.82) is 0 Å². The summed E-state index contributed by atoms with van der Waals surface area (Å²) >= 11 is 0. The Morgan fingerprint density at radius 1 is 1.29 bits per heavy atom. The Hall–Kier alpha value is -1.83. The van der Waals surface area contributed by atoms with Gasteiger partial charge in [-0.15, -0.1) is 6.58 Å². The van der Waals surface area contributed by atoms with Gasteiger partial charge in [0, 0.05) is 18.1 Å². The summed E-state index contributed by atoms with van der Waals surface area (Å²) in [5, 5.41) is 0. The number of allylic oxidation sites excluding steroid dienone is 1. The van der Waals surface area contributed by atoms with Crippen LogP contribution in [0.3, 0.4) is 0 Å². The molecule has 0 radical (unpaired) electrons. The Bertz CT molecular complexity index is 398. The molecule has 1 aromatic heterocycles. The second-order valence-corrected chi connectivity index (χ2v) is 3.13. The van der Waals surface area contributed by atoms with E-state index in [0.29, 0.717) is 0 Å². The van der Waals surface area contributed by atoms with Crippen LogP contribution in [0.15, 0.2) is 55.6 Å². The zero-order valence-corrected chi connectivity index (χ0v) is 7.93. The van der Waals surface area contributed by atoms with Crippen LogP contribution in [-0.4, -0.2) is 9.55 Å². The molecular formula is C12H12N2. The molecule has 0 fully saturated rings. The van der Waals surface area contributed by atoms with Gasteiger partial charge < -0.3 is 4.57 Å². The number of hydrogen-bond acceptors (Lipinski definition) is 1. The van der Waals surface area contributed by atoms with Crippen molar-refractivity contribution in [2.75, 3.05) is 0 Å². The van der Waals surface area contributed by atoms with Crippen LogP contribution in [0.2, 0.25) is 0 Å². The lowest BCUT2D eigenvalue weighted by atomic mass is 10.1. The minimum absolute atomic E-state index is 0.921. The molecule has 0 unspecified atom stereocenters. The van der Waals surface area contributed by atoms with Crippen molar-refractivity contribution in [3.63, 3.8) is 0 Å². The fourth-order valence-corrected chi connectivity index (χ4v) is 1.38. The van der Waals surface area contributed by atoms with E-state index >= 15 is 0 Å². The number of rotatable bonds is 3. The zero-order chi connectivity index (χ0) is 9.80. The second-order valence-electron chi connectivity index (χ2n) is 3.13. The molecule has 0 aliphatic heterocycles. The third kappa shape index (κ3) is 1.74. The van der Waals surface area contributed by atoms with Crippen LogP contribution in [0.4, 0.5) is 0 Å². The number of benzene rings is 1. The van der Waals surface area contributed by atoms with Crippen molar-refractivity contribution in [3.05, 3.63) is 61.2 Å². The first-order valence-electron chi connectivity index (χ1n) is 4.58. The average Bonchev–Trinajstić information content (AvgIpc) is 2.72. The van der Waals surface area contributed by atoms with Crippen LogP contribution >= 0.6 is 0 Å². The van der Waals surface area contributed by atoms with Crippen LogP contribution in [0.5, 0.6) is 0 Å². The van der Waals surface area contributed by atoms with E-state index in [1.165, 1.54) is 5.56 Å². The van der Waals surface area contributed by atoms with Crippen molar-refractivity contribution >= 4 is 0 Å². The third-order valence-corrected chi connectivity index (χ3v) is 2.12. The second kappa shape index (κ2) is 3.92. The van der Waals surface area contributed by atoms with Gasteiger partial charge in [-0.25, -0.2) is 4.98 Å². The van der Waals surface area contributed by atoms with E-state index in [0.717, 1.165) is 12.1 Å². The minimum Gasteiger partial charge on any atom is -0.306 e. The molecule has 2 nitrogen and oxygen atoms in total. The summed E-state index contributed by atoms with van der Waals surface area (Å²) < 4.78 is 1.98. The van der Waals surface area contributed by atoms with Gasteiger partial charge >= 0.3 is 0 Å². The van der Waals surface area contributed by atoms with E-state index in [1.807, 2.05) is 16.8 Å². The molecule has 2 aromatic rings. The molecule has 1 heterocycles. The molecule has 0 bridgehead atoms. The number of aromatic nitrogens is 2. The Labute approximate surface area is 83.5 Å². The van der Waals surface area contributed by atoms with Crippen molar-refractivity contribution in [1.82, 2.24) is 9.55 Å². The molecule has 14 heavy (non-hydrogen) atoms. The first-order valence-corrected chi connectivity index (χ1v) is 4.58. The first-order chi connectivity index (χ1) is 6.90. The predicted molar refractivity (Wildman–Crippen MR) is 57.5 cm³/mol. The molecular weight excluding hydrogens is 172 g/mol. The minimum atomic E-state index is 0.921. The largest absolute Gasteiger partial charge is 0.306 e. The monoisotopic (exact) mass is 184 g/mol. The van der Waals surface area contributed by atoms with E-state index in [1.54, 1.807) is 12.5 Å². The van der Waals surface area contributed by atoms with E-state index in [2.05, 4.69) is 35.8 Å². The Morgan fingerprint density at radius 3 is 2.64 bits per heavy atom. The summed E-state index contributed by atoms with van der Waals surface area (Å²) in [4.78, 5) is 4.00. The van der Waals surface area contributed by atoms with Gasteiger partial charge in [0.2, 0.25) is 0 Å². The lowest BCUT2D eigenvalue weighted by molar-refractivity contribution is 1.05. The smallest absolute Gasteiger partial charge is 0.0991 e. The van der Waals surface area contributed by atoms with Gasteiger partial charge in [0.25, 0.3) is 0 Å². The van der Waals surface area contributed by atoms with Crippen molar-refractivity contribution in [2.24, 2.45) is 0 Å². The highest BCUT2D eigenvalue weighted by atomic mass is 15.0. The predicted octanol–water partition coefficient (Wildman–Crippen LogP) is 2.60. The van der Waals surface area contributed by atoms with Crippen LogP contribution < -0.4 is 0 Å². The van der Waals surface area contributed by atoms with Gasteiger partial charge in [0.1, 0.15) is 0 Å². The molecule has 0 saturated heterocycles. The summed E-state index contributed by atoms with van der Waals surface area (Å²) in [6, 6.07) is 8.38. The van der Waals surface area contributed by atoms with Gasteiger partial charge in [-0.1, -0.05) is 18.2 Å². The molecule has 0 amide bonds. The number of nitrogens with zero attached hydrogens (tertiary/aromatic N) is 2. The molecule has 2 heteroatoms. The normalized spacial score (nSPS) is 10.0. The highest BCUT2D eigenvalue weighted by Crippen LogP contribution is 2.09. The van der Waals surface area contributed by atoms with E-state index < -0.39 is 0 Å². The van der Waals surface area contributed by atoms with Crippen LogP contribution in [0, 0.1) is 0 Å². The van der Waals surface area contributed by atoms with Crippen LogP contribution in [-0.2, 0) is 6.42 Å². The maximum atomic E-state index is 4.00. The van der Waals surface area contributed by atoms with Crippen LogP contribution in [0.1, 0.15) is 5.56 Å². The van der Waals surface area contributed by atoms with Crippen molar-refractivity contribution in [3.8, 4) is 5.69 Å². The van der Waals surface area contributed by atoms with Gasteiger partial charge in [-0.3, -0.25) is 0 Å². The standard InChI is InChI=1S/C12H12N2/c1-2-3-11-4-6-12(7-5-11)14-9-8-13-10-14/h2,4-10H,1,3H2. The summed E-state index contributed by atoms with van der Waals surface area (Å²) in [6.07, 6.45) is 8.33. The molecule has 2 rings (SSSR count). The Morgan fingerprint density at radius 2 is 2.07 bits per heavy atom. The third-order valence-electron chi connectivity index (χ3n) is 2.12. The van der Waals surface area contributed by atoms with Crippen molar-refractivity contribution in [2.45, 2.75) is 6.42 Å². The van der Waals surface area contributed by atoms with Gasteiger partial charge in [0.15, 0.2) is 0 Å². The molecule has 0 aliphatic carbocycles. The molecule has 1 aromatic carbocycles. The van der Waals surface area contributed by atoms with Crippen molar-refractivity contribution < 1.29 is 0 Å². The number of imidazole rings is 1. The quantitative estimate of drug-likeness (QED) is 0.670. The topological polar surface area (TPSA) is 17.8 Å². The summed E-state index contributed by atoms with van der Waals surface area (Å²) in [5.74, 6) is 0. The van der Waals surface area contributed by atoms with Gasteiger partial charge in [-0.2, -0.15) is 0 Å². The molecule has 0 atom stereocenters. The Balaban J connectivity index is 2.26. The molecule has 0 aliphatic rings. The SMILES string of the molecule is C=CCc1ccc(-n2ccnc2)cc1. The molecule has 0 saturated carbocycles. The average molecular weight is 184 g/mol. The lowest BCUT2D eigenvalue weighted by Crippen LogP contribution is -1.90. The van der Waals surface area contributed by atoms with Crippen LogP contribution in [0.25, 0.3) is 5.69 Å². The molecule has 0 N–H and O–H groups in total. The maximum absolute atomic E-state index is 4.00. The van der Waals surface area contributed by atoms with E-state index in [-0.39, 0.29) is 0 Å². The molecule has 0 spiro atoms. The first kappa shape index (κ1) is 8.75. The molecule has 70 valence electrons. The van der Waals surface area contributed by atoms with E-state index in [9.17, 15) is 0 Å². The van der Waals surface area contributed by atoms with Gasteiger partial charge in [-0.05, 0) is 24.1 Å². The van der Waals surface area contributed by atoms with E-state index in [4.69, 9.17) is 0 Å². The number of hydrogen-bond donors (Lipinski definition) is 0. The Kier molecular flexibility index (Phi) is 2.45. The highest BCUT2D eigenvalue weighted by molar-refractivity contribution is 5.35. The lowest BCUT2D eigenvalue weighted by Gasteiger charge is -2.02. The van der Waals surface area contributed by atoms with Gasteiger partial charge in [0.05, 0.1) is 6.33 Å².